The first-order valence-corrected chi connectivity index (χ1v) is 5.99. The van der Waals surface area contributed by atoms with Crippen LogP contribution in [0.5, 0.6) is 0 Å². The number of aromatic nitrogens is 2. The molecule has 110 valence electrons. The molecular formula is C11H13F3N4O2. The summed E-state index contributed by atoms with van der Waals surface area (Å²) in [6.07, 6.45) is -3.87. The second-order valence-electron chi connectivity index (χ2n) is 4.43. The standard InChI is InChI=1S/C11H13F3N4O2/c12-11(13,14)6-16-9(19)5-18-10(20)3-7-4-15-2-1-8(7)17-18/h3,15H,1-2,4-6H2,(H,16,19). The molecule has 1 aliphatic rings. The Morgan fingerprint density at radius 2 is 2.25 bits per heavy atom. The zero-order chi connectivity index (χ0) is 14.8. The van der Waals surface area contributed by atoms with Gasteiger partial charge in [0.15, 0.2) is 0 Å². The largest absolute Gasteiger partial charge is 0.405 e. The first-order valence-electron chi connectivity index (χ1n) is 5.99. The first-order chi connectivity index (χ1) is 9.35. The van der Waals surface area contributed by atoms with Crippen molar-refractivity contribution in [1.82, 2.24) is 20.4 Å². The molecule has 0 unspecified atom stereocenters. The molecule has 2 rings (SSSR count). The first kappa shape index (κ1) is 14.5. The van der Waals surface area contributed by atoms with E-state index < -0.39 is 30.7 Å². The van der Waals surface area contributed by atoms with Crippen molar-refractivity contribution in [3.05, 3.63) is 27.7 Å². The average Bonchev–Trinajstić information content (AvgIpc) is 2.36. The number of halogens is 3. The van der Waals surface area contributed by atoms with E-state index in [0.29, 0.717) is 25.2 Å². The molecular weight excluding hydrogens is 277 g/mol. The summed E-state index contributed by atoms with van der Waals surface area (Å²) in [7, 11) is 0. The molecule has 0 saturated carbocycles. The number of hydrogen-bond acceptors (Lipinski definition) is 4. The fourth-order valence-electron chi connectivity index (χ4n) is 1.86. The SMILES string of the molecule is O=C(Cn1nc2c(cc1=O)CNCC2)NCC(F)(F)F. The second-order valence-corrected chi connectivity index (χ2v) is 4.43. The molecule has 1 aromatic heterocycles. The maximum Gasteiger partial charge on any atom is 0.405 e. The van der Waals surface area contributed by atoms with Gasteiger partial charge < -0.3 is 10.6 Å². The highest BCUT2D eigenvalue weighted by Crippen LogP contribution is 2.12. The van der Waals surface area contributed by atoms with Crippen LogP contribution in [0.4, 0.5) is 13.2 Å². The highest BCUT2D eigenvalue weighted by Gasteiger charge is 2.27. The van der Waals surface area contributed by atoms with Crippen LogP contribution >= 0.6 is 0 Å². The number of nitrogens with zero attached hydrogens (tertiary/aromatic N) is 2. The Morgan fingerprint density at radius 1 is 1.50 bits per heavy atom. The maximum atomic E-state index is 12.0. The van der Waals surface area contributed by atoms with Gasteiger partial charge in [-0.1, -0.05) is 0 Å². The molecule has 6 nitrogen and oxygen atoms in total. The van der Waals surface area contributed by atoms with E-state index in [1.807, 2.05) is 0 Å². The molecule has 0 radical (unpaired) electrons. The molecule has 0 spiro atoms. The minimum absolute atomic E-state index is 0.505. The van der Waals surface area contributed by atoms with Crippen LogP contribution in [0.3, 0.4) is 0 Å². The van der Waals surface area contributed by atoms with Crippen LogP contribution in [0.1, 0.15) is 11.3 Å². The van der Waals surface area contributed by atoms with E-state index in [0.717, 1.165) is 10.2 Å². The Labute approximate surface area is 112 Å². The van der Waals surface area contributed by atoms with Crippen LogP contribution in [0.15, 0.2) is 10.9 Å². The fourth-order valence-corrected chi connectivity index (χ4v) is 1.86. The van der Waals surface area contributed by atoms with Crippen molar-refractivity contribution in [1.29, 1.82) is 0 Å². The van der Waals surface area contributed by atoms with Crippen molar-refractivity contribution in [2.75, 3.05) is 13.1 Å². The average molecular weight is 290 g/mol. The summed E-state index contributed by atoms with van der Waals surface area (Å²) >= 11 is 0. The number of nitrogens with one attached hydrogen (secondary N) is 2. The summed E-state index contributed by atoms with van der Waals surface area (Å²) in [5.41, 5.74) is 0.940. The third-order valence-corrected chi connectivity index (χ3v) is 2.80. The van der Waals surface area contributed by atoms with E-state index in [9.17, 15) is 22.8 Å². The van der Waals surface area contributed by atoms with Gasteiger partial charge >= 0.3 is 6.18 Å². The minimum Gasteiger partial charge on any atom is -0.345 e. The Kier molecular flexibility index (Phi) is 4.07. The van der Waals surface area contributed by atoms with Gasteiger partial charge in [-0.2, -0.15) is 18.3 Å². The van der Waals surface area contributed by atoms with Crippen LogP contribution in [0.25, 0.3) is 0 Å². The van der Waals surface area contributed by atoms with E-state index in [2.05, 4.69) is 10.4 Å². The lowest BCUT2D eigenvalue weighted by Crippen LogP contribution is -2.39. The monoisotopic (exact) mass is 290 g/mol. The zero-order valence-corrected chi connectivity index (χ0v) is 10.5. The number of carbonyl (C=O) groups is 1. The Morgan fingerprint density at radius 3 is 2.95 bits per heavy atom. The lowest BCUT2D eigenvalue weighted by molar-refractivity contribution is -0.138. The van der Waals surface area contributed by atoms with Gasteiger partial charge in [-0.05, 0) is 5.56 Å². The van der Waals surface area contributed by atoms with Crippen molar-refractivity contribution >= 4 is 5.91 Å². The smallest absolute Gasteiger partial charge is 0.345 e. The quantitative estimate of drug-likeness (QED) is 0.792. The molecule has 0 saturated heterocycles. The van der Waals surface area contributed by atoms with Crippen LogP contribution < -0.4 is 16.2 Å². The summed E-state index contributed by atoms with van der Waals surface area (Å²) in [5.74, 6) is -0.897. The highest BCUT2D eigenvalue weighted by atomic mass is 19.4. The molecule has 1 aromatic rings. The number of fused-ring (bicyclic) bond motifs is 1. The second kappa shape index (κ2) is 5.61. The number of carbonyl (C=O) groups excluding carboxylic acids is 1. The number of hydrogen-bond donors (Lipinski definition) is 2. The van der Waals surface area contributed by atoms with E-state index >= 15 is 0 Å². The van der Waals surface area contributed by atoms with Crippen molar-refractivity contribution in [3.63, 3.8) is 0 Å². The summed E-state index contributed by atoms with van der Waals surface area (Å²) in [6, 6.07) is 1.35. The molecule has 2 N–H and O–H groups in total. The van der Waals surface area contributed by atoms with Gasteiger partial charge in [-0.25, -0.2) is 4.68 Å². The highest BCUT2D eigenvalue weighted by molar-refractivity contribution is 5.75. The molecule has 0 aromatic carbocycles. The van der Waals surface area contributed by atoms with Crippen LogP contribution in [0.2, 0.25) is 0 Å². The van der Waals surface area contributed by atoms with Crippen LogP contribution in [-0.4, -0.2) is 35.0 Å². The summed E-state index contributed by atoms with van der Waals surface area (Å²) in [6.45, 7) is -0.706. The van der Waals surface area contributed by atoms with Gasteiger partial charge in [0.1, 0.15) is 13.1 Å². The van der Waals surface area contributed by atoms with Gasteiger partial charge in [0, 0.05) is 25.6 Å². The summed E-state index contributed by atoms with van der Waals surface area (Å²) < 4.78 is 36.7. The molecule has 0 aliphatic carbocycles. The van der Waals surface area contributed by atoms with Gasteiger partial charge in [0.05, 0.1) is 5.69 Å². The predicted molar refractivity (Wildman–Crippen MR) is 63.0 cm³/mol. The minimum atomic E-state index is -4.48. The molecule has 0 bridgehead atoms. The van der Waals surface area contributed by atoms with Crippen LogP contribution in [-0.2, 0) is 24.3 Å². The molecule has 20 heavy (non-hydrogen) atoms. The van der Waals surface area contributed by atoms with Gasteiger partial charge in [-0.15, -0.1) is 0 Å². The van der Waals surface area contributed by atoms with Gasteiger partial charge in [-0.3, -0.25) is 9.59 Å². The summed E-state index contributed by atoms with van der Waals surface area (Å²) in [5, 5.41) is 8.79. The lowest BCUT2D eigenvalue weighted by Gasteiger charge is -2.17. The van der Waals surface area contributed by atoms with Gasteiger partial charge in [0.2, 0.25) is 5.91 Å². The maximum absolute atomic E-state index is 12.0. The van der Waals surface area contributed by atoms with Crippen molar-refractivity contribution < 1.29 is 18.0 Å². The molecule has 1 amide bonds. The van der Waals surface area contributed by atoms with E-state index in [1.165, 1.54) is 6.07 Å². The van der Waals surface area contributed by atoms with Crippen LogP contribution in [0, 0.1) is 0 Å². The Bertz CT molecular complexity index is 568. The Balaban J connectivity index is 2.06. The summed E-state index contributed by atoms with van der Waals surface area (Å²) in [4.78, 5) is 23.1. The van der Waals surface area contributed by atoms with Gasteiger partial charge in [0.25, 0.3) is 5.56 Å². The molecule has 0 atom stereocenters. The predicted octanol–water partition coefficient (Wildman–Crippen LogP) is -0.433. The van der Waals surface area contributed by atoms with Crippen molar-refractivity contribution in [3.8, 4) is 0 Å². The molecule has 0 fully saturated rings. The number of rotatable bonds is 3. The topological polar surface area (TPSA) is 76.0 Å². The van der Waals surface area contributed by atoms with E-state index in [-0.39, 0.29) is 0 Å². The molecule has 9 heteroatoms. The number of amides is 1. The Hall–Kier alpha value is -1.90. The van der Waals surface area contributed by atoms with E-state index in [4.69, 9.17) is 0 Å². The third-order valence-electron chi connectivity index (χ3n) is 2.80. The van der Waals surface area contributed by atoms with Crippen molar-refractivity contribution in [2.45, 2.75) is 25.7 Å². The van der Waals surface area contributed by atoms with E-state index in [1.54, 1.807) is 5.32 Å². The number of alkyl halides is 3. The van der Waals surface area contributed by atoms with Crippen molar-refractivity contribution in [2.24, 2.45) is 0 Å². The molecule has 2 heterocycles. The molecule has 1 aliphatic heterocycles. The lowest BCUT2D eigenvalue weighted by atomic mass is 10.1. The normalized spacial score (nSPS) is 14.8. The third kappa shape index (κ3) is 3.80. The zero-order valence-electron chi connectivity index (χ0n) is 10.5. The fraction of sp³-hybridized carbons (Fsp3) is 0.545.